The molecule has 0 aromatic rings. The summed E-state index contributed by atoms with van der Waals surface area (Å²) < 4.78 is 16.4. The van der Waals surface area contributed by atoms with Crippen molar-refractivity contribution in [2.75, 3.05) is 26.4 Å². The molecule has 0 saturated carbocycles. The van der Waals surface area contributed by atoms with Crippen molar-refractivity contribution in [3.8, 4) is 0 Å². The molecule has 0 aliphatic carbocycles. The van der Waals surface area contributed by atoms with Crippen molar-refractivity contribution in [3.05, 3.63) is 0 Å². The van der Waals surface area contributed by atoms with Gasteiger partial charge in [0.25, 0.3) is 0 Å². The van der Waals surface area contributed by atoms with Gasteiger partial charge in [0, 0.05) is 13.2 Å². The highest BCUT2D eigenvalue weighted by molar-refractivity contribution is 4.36. The van der Waals surface area contributed by atoms with E-state index in [0.717, 1.165) is 6.42 Å². The minimum atomic E-state index is -0.289. The van der Waals surface area contributed by atoms with Gasteiger partial charge >= 0.3 is 0 Å². The van der Waals surface area contributed by atoms with E-state index in [1.807, 2.05) is 0 Å². The molecule has 0 unspecified atom stereocenters. The Kier molecular flexibility index (Phi) is 7.72. The number of alkyl halides is 1. The molecule has 2 N–H and O–H groups in total. The summed E-state index contributed by atoms with van der Waals surface area (Å²) in [5.74, 6) is 0. The van der Waals surface area contributed by atoms with Gasteiger partial charge in [-0.15, -0.1) is 0 Å². The van der Waals surface area contributed by atoms with Gasteiger partial charge in [-0.2, -0.15) is 0 Å². The Labute approximate surface area is 55.2 Å². The maximum atomic E-state index is 11.4. The molecule has 0 rings (SSSR count). The van der Waals surface area contributed by atoms with Crippen LogP contribution in [0.15, 0.2) is 0 Å². The number of hydrogen-bond acceptors (Lipinski definition) is 2. The molecule has 0 fully saturated rings. The third-order valence-corrected chi connectivity index (χ3v) is 0.915. The van der Waals surface area contributed by atoms with E-state index in [2.05, 4.69) is 0 Å². The van der Waals surface area contributed by atoms with Crippen LogP contribution in [-0.4, -0.2) is 26.4 Å². The summed E-state index contributed by atoms with van der Waals surface area (Å²) in [4.78, 5) is 0. The lowest BCUT2D eigenvalue weighted by atomic mass is 10.4. The number of hydrogen-bond donors (Lipinski definition) is 1. The van der Waals surface area contributed by atoms with Crippen LogP contribution in [0.2, 0.25) is 0 Å². The lowest BCUT2D eigenvalue weighted by molar-refractivity contribution is 0.125. The number of nitrogens with two attached hydrogens (primary N) is 1. The second-order valence-electron chi connectivity index (χ2n) is 1.80. The Bertz CT molecular complexity index is 46.3. The van der Waals surface area contributed by atoms with E-state index < -0.39 is 0 Å². The minimum absolute atomic E-state index is 0.289. The van der Waals surface area contributed by atoms with Crippen molar-refractivity contribution in [2.24, 2.45) is 5.73 Å². The van der Waals surface area contributed by atoms with E-state index in [1.165, 1.54) is 0 Å². The van der Waals surface area contributed by atoms with Gasteiger partial charge in [-0.05, 0) is 19.4 Å². The second kappa shape index (κ2) is 7.85. The van der Waals surface area contributed by atoms with E-state index in [9.17, 15) is 4.39 Å². The minimum Gasteiger partial charge on any atom is -0.381 e. The molecule has 0 aromatic carbocycles. The second-order valence-corrected chi connectivity index (χ2v) is 1.80. The largest absolute Gasteiger partial charge is 0.381 e. The molecule has 0 aromatic heterocycles. The van der Waals surface area contributed by atoms with Crippen molar-refractivity contribution in [1.82, 2.24) is 0 Å². The van der Waals surface area contributed by atoms with Crippen molar-refractivity contribution in [1.29, 1.82) is 0 Å². The summed E-state index contributed by atoms with van der Waals surface area (Å²) in [7, 11) is 0. The molecule has 0 heterocycles. The van der Waals surface area contributed by atoms with Crippen LogP contribution >= 0.6 is 0 Å². The van der Waals surface area contributed by atoms with Gasteiger partial charge in [0.2, 0.25) is 0 Å². The summed E-state index contributed by atoms with van der Waals surface area (Å²) in [5, 5.41) is 0. The highest BCUT2D eigenvalue weighted by Gasteiger charge is 1.85. The summed E-state index contributed by atoms with van der Waals surface area (Å²) >= 11 is 0. The molecule has 0 aliphatic rings. The molecule has 0 bridgehead atoms. The first-order chi connectivity index (χ1) is 4.41. The summed E-state index contributed by atoms with van der Waals surface area (Å²) in [6.45, 7) is 1.55. The van der Waals surface area contributed by atoms with Crippen LogP contribution in [0.5, 0.6) is 0 Å². The van der Waals surface area contributed by atoms with Gasteiger partial charge in [-0.1, -0.05) is 0 Å². The fourth-order valence-electron chi connectivity index (χ4n) is 0.444. The van der Waals surface area contributed by atoms with Gasteiger partial charge in [0.1, 0.15) is 0 Å². The average molecular weight is 135 g/mol. The van der Waals surface area contributed by atoms with Crippen molar-refractivity contribution in [3.63, 3.8) is 0 Å². The van der Waals surface area contributed by atoms with E-state index >= 15 is 0 Å². The first kappa shape index (κ1) is 8.85. The molecule has 0 amide bonds. The van der Waals surface area contributed by atoms with Crippen LogP contribution in [0.25, 0.3) is 0 Å². The normalized spacial score (nSPS) is 10.0. The fraction of sp³-hybridized carbons (Fsp3) is 1.00. The molecule has 0 atom stereocenters. The molecule has 3 heteroatoms. The van der Waals surface area contributed by atoms with Gasteiger partial charge in [0.15, 0.2) is 0 Å². The Morgan fingerprint density at radius 2 is 1.89 bits per heavy atom. The van der Waals surface area contributed by atoms with E-state index in [-0.39, 0.29) is 6.67 Å². The summed E-state index contributed by atoms with van der Waals surface area (Å²) in [6, 6.07) is 0. The zero-order chi connectivity index (χ0) is 6.95. The summed E-state index contributed by atoms with van der Waals surface area (Å²) in [6.07, 6.45) is 1.37. The monoisotopic (exact) mass is 135 g/mol. The average Bonchev–Trinajstić information content (AvgIpc) is 1.89. The fourth-order valence-corrected chi connectivity index (χ4v) is 0.444. The Balaban J connectivity index is 2.60. The Morgan fingerprint density at radius 1 is 1.22 bits per heavy atom. The topological polar surface area (TPSA) is 35.2 Å². The zero-order valence-corrected chi connectivity index (χ0v) is 5.61. The third kappa shape index (κ3) is 7.85. The van der Waals surface area contributed by atoms with E-state index in [0.29, 0.717) is 26.2 Å². The van der Waals surface area contributed by atoms with Gasteiger partial charge in [-0.25, -0.2) is 0 Å². The molecular weight excluding hydrogens is 121 g/mol. The van der Waals surface area contributed by atoms with Crippen molar-refractivity contribution in [2.45, 2.75) is 12.8 Å². The lowest BCUT2D eigenvalue weighted by Crippen LogP contribution is -2.05. The molecule has 0 aliphatic heterocycles. The zero-order valence-electron chi connectivity index (χ0n) is 5.61. The van der Waals surface area contributed by atoms with Crippen LogP contribution in [0, 0.1) is 0 Å². The predicted molar refractivity (Wildman–Crippen MR) is 35.1 cm³/mol. The molecule has 56 valence electrons. The molecular formula is C6H14FNO. The highest BCUT2D eigenvalue weighted by Crippen LogP contribution is 1.84. The third-order valence-electron chi connectivity index (χ3n) is 0.915. The van der Waals surface area contributed by atoms with Crippen LogP contribution in [-0.2, 0) is 4.74 Å². The number of ether oxygens (including phenoxy) is 1. The van der Waals surface area contributed by atoms with Crippen LogP contribution in [0.3, 0.4) is 0 Å². The maximum Gasteiger partial charge on any atom is 0.0916 e. The van der Waals surface area contributed by atoms with Gasteiger partial charge in [-0.3, -0.25) is 4.39 Å². The summed E-state index contributed by atoms with van der Waals surface area (Å²) in [5.41, 5.74) is 5.19. The molecule has 2 nitrogen and oxygen atoms in total. The number of halogens is 1. The standard InChI is InChI=1S/C6H14FNO/c7-3-1-5-9-6-2-4-8/h1-6,8H2. The maximum absolute atomic E-state index is 11.4. The lowest BCUT2D eigenvalue weighted by Gasteiger charge is -1.98. The van der Waals surface area contributed by atoms with Crippen LogP contribution in [0.1, 0.15) is 12.8 Å². The SMILES string of the molecule is NCCCOCCCF. The van der Waals surface area contributed by atoms with Gasteiger partial charge in [0.05, 0.1) is 6.67 Å². The van der Waals surface area contributed by atoms with Gasteiger partial charge < -0.3 is 10.5 Å². The van der Waals surface area contributed by atoms with Crippen LogP contribution < -0.4 is 5.73 Å². The quantitative estimate of drug-likeness (QED) is 0.544. The first-order valence-electron chi connectivity index (χ1n) is 3.25. The highest BCUT2D eigenvalue weighted by atomic mass is 19.1. The van der Waals surface area contributed by atoms with E-state index in [1.54, 1.807) is 0 Å². The number of rotatable bonds is 6. The van der Waals surface area contributed by atoms with Crippen molar-refractivity contribution < 1.29 is 9.13 Å². The first-order valence-corrected chi connectivity index (χ1v) is 3.25. The molecule has 0 saturated heterocycles. The predicted octanol–water partition coefficient (Wildman–Crippen LogP) is 0.711. The van der Waals surface area contributed by atoms with Crippen molar-refractivity contribution >= 4 is 0 Å². The smallest absolute Gasteiger partial charge is 0.0916 e. The molecule has 0 radical (unpaired) electrons. The molecule has 0 spiro atoms. The Hall–Kier alpha value is -0.150. The van der Waals surface area contributed by atoms with Crippen LogP contribution in [0.4, 0.5) is 4.39 Å². The molecule has 9 heavy (non-hydrogen) atoms. The van der Waals surface area contributed by atoms with E-state index in [4.69, 9.17) is 10.5 Å². The Morgan fingerprint density at radius 3 is 2.44 bits per heavy atom.